The number of hydrogen-bond acceptors (Lipinski definition) is 4. The van der Waals surface area contributed by atoms with Crippen LogP contribution in [-0.2, 0) is 13.0 Å². The number of rotatable bonds is 4. The zero-order valence-corrected chi connectivity index (χ0v) is 12.4. The van der Waals surface area contributed by atoms with E-state index >= 15 is 0 Å². The lowest BCUT2D eigenvalue weighted by Gasteiger charge is -2.24. The molecule has 0 unspecified atom stereocenters. The number of nitrogens with zero attached hydrogens (tertiary/aromatic N) is 2. The van der Waals surface area contributed by atoms with Gasteiger partial charge in [0.15, 0.2) is 0 Å². The summed E-state index contributed by atoms with van der Waals surface area (Å²) < 4.78 is 5.47. The molecule has 0 bridgehead atoms. The Bertz CT molecular complexity index is 532. The van der Waals surface area contributed by atoms with Gasteiger partial charge in [-0.25, -0.2) is 0 Å². The molecule has 2 aromatic heterocycles. The summed E-state index contributed by atoms with van der Waals surface area (Å²) in [6.07, 6.45) is 3.42. The van der Waals surface area contributed by atoms with Crippen LogP contribution >= 0.6 is 11.3 Å². The molecular formula is C15H20N2OS. The Hall–Kier alpha value is -1.13. The number of aromatic nitrogens is 1. The topological polar surface area (TPSA) is 29.3 Å². The van der Waals surface area contributed by atoms with Crippen LogP contribution in [0.15, 0.2) is 22.0 Å². The SMILES string of the molecule is CCc1onc(C)c1[C@H]1CCCN1Cc1cccs1. The molecular weight excluding hydrogens is 256 g/mol. The van der Waals surface area contributed by atoms with E-state index in [-0.39, 0.29) is 0 Å². The first-order valence-electron chi connectivity index (χ1n) is 7.01. The molecule has 4 heteroatoms. The lowest BCUT2D eigenvalue weighted by Crippen LogP contribution is -2.23. The molecule has 3 heterocycles. The molecule has 0 aliphatic carbocycles. The molecule has 0 amide bonds. The highest BCUT2D eigenvalue weighted by Crippen LogP contribution is 2.37. The van der Waals surface area contributed by atoms with Crippen molar-refractivity contribution < 1.29 is 4.52 Å². The lowest BCUT2D eigenvalue weighted by molar-refractivity contribution is 0.247. The smallest absolute Gasteiger partial charge is 0.141 e. The summed E-state index contributed by atoms with van der Waals surface area (Å²) in [5.41, 5.74) is 2.41. The summed E-state index contributed by atoms with van der Waals surface area (Å²) in [4.78, 5) is 4.02. The van der Waals surface area contributed by atoms with Gasteiger partial charge in [-0.3, -0.25) is 4.90 Å². The second kappa shape index (κ2) is 5.47. The van der Waals surface area contributed by atoms with Crippen molar-refractivity contribution in [2.45, 2.75) is 45.7 Å². The van der Waals surface area contributed by atoms with Crippen molar-refractivity contribution in [2.75, 3.05) is 6.54 Å². The largest absolute Gasteiger partial charge is 0.361 e. The van der Waals surface area contributed by atoms with Crippen molar-refractivity contribution in [1.29, 1.82) is 0 Å². The molecule has 0 saturated carbocycles. The third-order valence-corrected chi connectivity index (χ3v) is 4.80. The molecule has 1 saturated heterocycles. The van der Waals surface area contributed by atoms with Crippen LogP contribution < -0.4 is 0 Å². The Morgan fingerprint density at radius 2 is 2.42 bits per heavy atom. The third-order valence-electron chi connectivity index (χ3n) is 3.94. The van der Waals surface area contributed by atoms with Gasteiger partial charge in [-0.15, -0.1) is 11.3 Å². The summed E-state index contributed by atoms with van der Waals surface area (Å²) >= 11 is 1.84. The maximum Gasteiger partial charge on any atom is 0.141 e. The molecule has 0 spiro atoms. The molecule has 1 aliphatic rings. The summed E-state index contributed by atoms with van der Waals surface area (Å²) in [6, 6.07) is 4.84. The molecule has 2 aromatic rings. The summed E-state index contributed by atoms with van der Waals surface area (Å²) in [5.74, 6) is 1.07. The first-order valence-corrected chi connectivity index (χ1v) is 7.89. The molecule has 3 rings (SSSR count). The minimum Gasteiger partial charge on any atom is -0.361 e. The van der Waals surface area contributed by atoms with E-state index in [2.05, 4.69) is 41.4 Å². The summed E-state index contributed by atoms with van der Waals surface area (Å²) in [6.45, 7) is 6.44. The van der Waals surface area contributed by atoms with Gasteiger partial charge in [0, 0.05) is 29.4 Å². The van der Waals surface area contributed by atoms with Crippen LogP contribution in [0, 0.1) is 6.92 Å². The standard InChI is InChI=1S/C15H20N2OS/c1-3-14-15(11(2)16-18-14)13-7-4-8-17(13)10-12-6-5-9-19-12/h5-6,9,13H,3-4,7-8,10H2,1-2H3/t13-/m1/s1. The van der Waals surface area contributed by atoms with Crippen molar-refractivity contribution in [3.8, 4) is 0 Å². The third kappa shape index (κ3) is 2.47. The Morgan fingerprint density at radius 3 is 3.16 bits per heavy atom. The van der Waals surface area contributed by atoms with Crippen molar-refractivity contribution in [3.63, 3.8) is 0 Å². The van der Waals surface area contributed by atoms with Gasteiger partial charge >= 0.3 is 0 Å². The van der Waals surface area contributed by atoms with Crippen molar-refractivity contribution >= 4 is 11.3 Å². The molecule has 0 aromatic carbocycles. The quantitative estimate of drug-likeness (QED) is 0.847. The predicted molar refractivity (Wildman–Crippen MR) is 77.3 cm³/mol. The predicted octanol–water partition coefficient (Wildman–Crippen LogP) is 3.94. The Labute approximate surface area is 118 Å². The lowest BCUT2D eigenvalue weighted by atomic mass is 10.0. The van der Waals surface area contributed by atoms with Gasteiger partial charge in [-0.1, -0.05) is 18.1 Å². The van der Waals surface area contributed by atoms with Crippen molar-refractivity contribution in [2.24, 2.45) is 0 Å². The zero-order valence-electron chi connectivity index (χ0n) is 11.6. The Morgan fingerprint density at radius 1 is 1.53 bits per heavy atom. The van der Waals surface area contributed by atoms with Gasteiger partial charge in [0.25, 0.3) is 0 Å². The highest BCUT2D eigenvalue weighted by molar-refractivity contribution is 7.09. The van der Waals surface area contributed by atoms with Crippen molar-refractivity contribution in [3.05, 3.63) is 39.4 Å². The number of aryl methyl sites for hydroxylation is 2. The maximum absolute atomic E-state index is 5.47. The first-order chi connectivity index (χ1) is 9.29. The monoisotopic (exact) mass is 276 g/mol. The number of hydrogen-bond donors (Lipinski definition) is 0. The van der Waals surface area contributed by atoms with Crippen LogP contribution in [0.4, 0.5) is 0 Å². The highest BCUT2D eigenvalue weighted by atomic mass is 32.1. The van der Waals surface area contributed by atoms with Crippen LogP contribution in [0.5, 0.6) is 0 Å². The van der Waals surface area contributed by atoms with Gasteiger partial charge in [0.2, 0.25) is 0 Å². The van der Waals surface area contributed by atoms with Gasteiger partial charge in [-0.05, 0) is 37.8 Å². The second-order valence-corrected chi connectivity index (χ2v) is 6.20. The van der Waals surface area contributed by atoms with Crippen LogP contribution in [-0.4, -0.2) is 16.6 Å². The zero-order chi connectivity index (χ0) is 13.2. The van der Waals surface area contributed by atoms with E-state index in [0.717, 1.165) is 24.4 Å². The van der Waals surface area contributed by atoms with E-state index in [1.807, 2.05) is 11.3 Å². The molecule has 1 fully saturated rings. The second-order valence-electron chi connectivity index (χ2n) is 5.17. The van der Waals surface area contributed by atoms with Gasteiger partial charge in [-0.2, -0.15) is 0 Å². The van der Waals surface area contributed by atoms with Crippen molar-refractivity contribution in [1.82, 2.24) is 10.1 Å². The van der Waals surface area contributed by atoms with Crippen LogP contribution in [0.3, 0.4) is 0 Å². The van der Waals surface area contributed by atoms with E-state index in [1.54, 1.807) is 0 Å². The van der Waals surface area contributed by atoms with Gasteiger partial charge in [0.05, 0.1) is 5.69 Å². The molecule has 0 N–H and O–H groups in total. The fraction of sp³-hybridized carbons (Fsp3) is 0.533. The molecule has 1 atom stereocenters. The van der Waals surface area contributed by atoms with E-state index in [9.17, 15) is 0 Å². The van der Waals surface area contributed by atoms with Gasteiger partial charge < -0.3 is 4.52 Å². The minimum atomic E-state index is 0.489. The van der Waals surface area contributed by atoms with E-state index in [4.69, 9.17) is 4.52 Å². The Kier molecular flexibility index (Phi) is 3.71. The van der Waals surface area contributed by atoms with E-state index < -0.39 is 0 Å². The Balaban J connectivity index is 1.84. The summed E-state index contributed by atoms with van der Waals surface area (Å²) in [5, 5.41) is 6.32. The fourth-order valence-corrected chi connectivity index (χ4v) is 3.78. The van der Waals surface area contributed by atoms with E-state index in [0.29, 0.717) is 6.04 Å². The molecule has 1 aliphatic heterocycles. The fourth-order valence-electron chi connectivity index (χ4n) is 3.05. The minimum absolute atomic E-state index is 0.489. The van der Waals surface area contributed by atoms with Crippen LogP contribution in [0.1, 0.15) is 47.7 Å². The number of thiophene rings is 1. The van der Waals surface area contributed by atoms with Crippen LogP contribution in [0.2, 0.25) is 0 Å². The number of likely N-dealkylation sites (tertiary alicyclic amines) is 1. The van der Waals surface area contributed by atoms with Crippen LogP contribution in [0.25, 0.3) is 0 Å². The summed E-state index contributed by atoms with van der Waals surface area (Å²) in [7, 11) is 0. The first kappa shape index (κ1) is 12.9. The highest BCUT2D eigenvalue weighted by Gasteiger charge is 2.31. The average molecular weight is 276 g/mol. The molecule has 102 valence electrons. The maximum atomic E-state index is 5.47. The molecule has 3 nitrogen and oxygen atoms in total. The normalized spacial score (nSPS) is 20.2. The van der Waals surface area contributed by atoms with E-state index in [1.165, 1.54) is 29.8 Å². The van der Waals surface area contributed by atoms with Gasteiger partial charge in [0.1, 0.15) is 5.76 Å². The molecule has 19 heavy (non-hydrogen) atoms. The average Bonchev–Trinajstić information content (AvgIpc) is 3.11. The molecule has 0 radical (unpaired) electrons.